The number of carbonyl (C=O) groups is 2. The third kappa shape index (κ3) is 4.64. The molecule has 0 aromatic heterocycles. The Bertz CT molecular complexity index is 897. The molecule has 2 N–H and O–H groups in total. The van der Waals surface area contributed by atoms with Crippen LogP contribution >= 0.6 is 35.7 Å². The molecule has 1 unspecified atom stereocenters. The van der Waals surface area contributed by atoms with E-state index in [4.69, 9.17) is 12.2 Å². The molecule has 3 aliphatic rings. The van der Waals surface area contributed by atoms with Gasteiger partial charge in [-0.15, -0.1) is 5.10 Å². The van der Waals surface area contributed by atoms with Gasteiger partial charge in [0.05, 0.1) is 5.25 Å². The maximum atomic E-state index is 12.7. The topological polar surface area (TPSA) is 82.9 Å². The number of ketones is 1. The Morgan fingerprint density at radius 2 is 2.11 bits per heavy atom. The number of hydrazone groups is 1. The highest BCUT2D eigenvalue weighted by molar-refractivity contribution is 8.23. The van der Waals surface area contributed by atoms with Gasteiger partial charge in [-0.3, -0.25) is 15.0 Å². The smallest absolute Gasteiger partial charge is 0.240 e. The summed E-state index contributed by atoms with van der Waals surface area (Å²) in [7, 11) is 0. The summed E-state index contributed by atoms with van der Waals surface area (Å²) in [6, 6.07) is 5.96. The quantitative estimate of drug-likeness (QED) is 0.432. The molecule has 1 amide bonds. The number of benzene rings is 1. The number of hydrogen-bond acceptors (Lipinski definition) is 7. The predicted molar refractivity (Wildman–Crippen MR) is 119 cm³/mol. The van der Waals surface area contributed by atoms with Gasteiger partial charge >= 0.3 is 0 Å². The molecule has 1 aromatic rings. The molecule has 1 saturated heterocycles. The van der Waals surface area contributed by atoms with E-state index >= 15 is 0 Å². The average molecular weight is 433 g/mol. The minimum absolute atomic E-state index is 0.00531. The summed E-state index contributed by atoms with van der Waals surface area (Å²) < 4.78 is 0.589. The molecule has 2 heterocycles. The standard InChI is InChI=1S/C19H20N4O2S3/c24-14(13-6-5-11-3-1-2-4-12(11)9-13)10-15-17(25)21-18(28-15)23-22-16-7-8-27-19(26)20-16/h5-6,9,15H,1-4,7-8,10H2,(H,20,22,26)(H,21,23,25). The van der Waals surface area contributed by atoms with Crippen LogP contribution < -0.4 is 10.7 Å². The molecule has 1 aromatic carbocycles. The SMILES string of the molecule is O=C(CC1S/C(=N/NC2=NC(=S)SCC2)NC1=O)c1ccc2c(c1)CCCC2. The van der Waals surface area contributed by atoms with Crippen LogP contribution in [0.5, 0.6) is 0 Å². The highest BCUT2D eigenvalue weighted by Crippen LogP contribution is 2.26. The fourth-order valence-electron chi connectivity index (χ4n) is 3.41. The van der Waals surface area contributed by atoms with Crippen LogP contribution in [-0.4, -0.2) is 38.0 Å². The van der Waals surface area contributed by atoms with E-state index in [-0.39, 0.29) is 18.1 Å². The second kappa shape index (κ2) is 8.75. The number of nitrogens with zero attached hydrogens (tertiary/aromatic N) is 2. The zero-order valence-corrected chi connectivity index (χ0v) is 17.6. The van der Waals surface area contributed by atoms with Crippen molar-refractivity contribution < 1.29 is 9.59 Å². The molecule has 0 radical (unpaired) electrons. The second-order valence-corrected chi connectivity index (χ2v) is 9.79. The number of aryl methyl sites for hydroxylation is 2. The lowest BCUT2D eigenvalue weighted by Gasteiger charge is -2.16. The predicted octanol–water partition coefficient (Wildman–Crippen LogP) is 3.05. The van der Waals surface area contributed by atoms with E-state index in [0.717, 1.165) is 25.0 Å². The number of amidine groups is 2. The highest BCUT2D eigenvalue weighted by atomic mass is 32.2. The van der Waals surface area contributed by atoms with Gasteiger partial charge in [0.2, 0.25) is 5.91 Å². The summed E-state index contributed by atoms with van der Waals surface area (Å²) in [6.45, 7) is 0. The summed E-state index contributed by atoms with van der Waals surface area (Å²) >= 11 is 7.88. The normalized spacial score (nSPS) is 23.2. The molecule has 0 spiro atoms. The van der Waals surface area contributed by atoms with Crippen molar-refractivity contribution in [2.45, 2.75) is 43.8 Å². The number of Topliss-reactive ketones (excluding diaryl/α,β-unsaturated/α-hetero) is 1. The molecular weight excluding hydrogens is 412 g/mol. The number of carbonyl (C=O) groups excluding carboxylic acids is 2. The number of aliphatic imine (C=N–C) groups is 1. The number of nitrogens with one attached hydrogen (secondary N) is 2. The van der Waals surface area contributed by atoms with Crippen molar-refractivity contribution in [1.82, 2.24) is 10.7 Å². The second-order valence-electron chi connectivity index (χ2n) is 6.87. The van der Waals surface area contributed by atoms with Gasteiger partial charge in [0.15, 0.2) is 15.3 Å². The third-order valence-electron chi connectivity index (χ3n) is 4.89. The minimum atomic E-state index is -0.464. The molecule has 1 aliphatic carbocycles. The van der Waals surface area contributed by atoms with E-state index in [1.165, 1.54) is 47.5 Å². The average Bonchev–Trinajstić information content (AvgIpc) is 3.05. The first-order chi connectivity index (χ1) is 13.6. The fraction of sp³-hybridized carbons (Fsp3) is 0.421. The third-order valence-corrected chi connectivity index (χ3v) is 7.17. The first-order valence-electron chi connectivity index (χ1n) is 9.29. The maximum Gasteiger partial charge on any atom is 0.240 e. The number of rotatable bonds is 4. The Labute approximate surface area is 177 Å². The van der Waals surface area contributed by atoms with Crippen LogP contribution in [0.15, 0.2) is 28.3 Å². The number of fused-ring (bicyclic) bond motifs is 1. The van der Waals surface area contributed by atoms with Crippen molar-refractivity contribution in [3.05, 3.63) is 34.9 Å². The van der Waals surface area contributed by atoms with Crippen LogP contribution in [0, 0.1) is 0 Å². The minimum Gasteiger partial charge on any atom is -0.303 e. The molecule has 6 nitrogen and oxygen atoms in total. The lowest BCUT2D eigenvalue weighted by atomic mass is 9.89. The summed E-state index contributed by atoms with van der Waals surface area (Å²) in [5.74, 6) is 1.37. The molecule has 9 heteroatoms. The fourth-order valence-corrected chi connectivity index (χ4v) is 5.35. The Balaban J connectivity index is 1.37. The van der Waals surface area contributed by atoms with Gasteiger partial charge in [-0.2, -0.15) is 0 Å². The Hall–Kier alpha value is -1.71. The van der Waals surface area contributed by atoms with Gasteiger partial charge in [0, 0.05) is 24.2 Å². The Morgan fingerprint density at radius 3 is 2.93 bits per heavy atom. The van der Waals surface area contributed by atoms with E-state index in [1.54, 1.807) is 0 Å². The van der Waals surface area contributed by atoms with Crippen LogP contribution in [0.2, 0.25) is 0 Å². The monoisotopic (exact) mass is 432 g/mol. The Kier molecular flexibility index (Phi) is 6.13. The van der Waals surface area contributed by atoms with Crippen molar-refractivity contribution in [3.8, 4) is 0 Å². The first kappa shape index (κ1) is 19.6. The largest absolute Gasteiger partial charge is 0.303 e. The molecule has 0 saturated carbocycles. The van der Waals surface area contributed by atoms with Gasteiger partial charge < -0.3 is 5.32 Å². The first-order valence-corrected chi connectivity index (χ1v) is 11.6. The van der Waals surface area contributed by atoms with Gasteiger partial charge in [-0.25, -0.2) is 4.99 Å². The van der Waals surface area contributed by atoms with Gasteiger partial charge in [-0.05, 0) is 42.9 Å². The molecule has 2 aliphatic heterocycles. The molecular formula is C19H20N4O2S3. The van der Waals surface area contributed by atoms with Gasteiger partial charge in [0.1, 0.15) is 5.84 Å². The number of thiocarbonyl (C=S) groups is 1. The van der Waals surface area contributed by atoms with E-state index < -0.39 is 5.25 Å². The lowest BCUT2D eigenvalue weighted by molar-refractivity contribution is -0.118. The van der Waals surface area contributed by atoms with Crippen LogP contribution in [0.25, 0.3) is 0 Å². The lowest BCUT2D eigenvalue weighted by Crippen LogP contribution is -2.29. The number of amides is 1. The molecule has 146 valence electrons. The molecule has 1 fully saturated rings. The Morgan fingerprint density at radius 1 is 1.29 bits per heavy atom. The van der Waals surface area contributed by atoms with Crippen molar-refractivity contribution in [2.75, 3.05) is 5.75 Å². The summed E-state index contributed by atoms with van der Waals surface area (Å²) in [5, 5.41) is 6.93. The number of hydrogen-bond donors (Lipinski definition) is 2. The van der Waals surface area contributed by atoms with E-state index in [9.17, 15) is 9.59 Å². The molecule has 28 heavy (non-hydrogen) atoms. The van der Waals surface area contributed by atoms with Crippen LogP contribution in [0.4, 0.5) is 0 Å². The molecule has 4 rings (SSSR count). The van der Waals surface area contributed by atoms with Crippen LogP contribution in [0.3, 0.4) is 0 Å². The van der Waals surface area contributed by atoms with Crippen LogP contribution in [-0.2, 0) is 17.6 Å². The van der Waals surface area contributed by atoms with E-state index in [0.29, 0.717) is 20.9 Å². The summed E-state index contributed by atoms with van der Waals surface area (Å²) in [5.41, 5.74) is 6.19. The van der Waals surface area contributed by atoms with Crippen LogP contribution in [0.1, 0.15) is 47.2 Å². The zero-order chi connectivity index (χ0) is 19.5. The molecule has 0 bridgehead atoms. The highest BCUT2D eigenvalue weighted by Gasteiger charge is 2.32. The maximum absolute atomic E-state index is 12.7. The van der Waals surface area contributed by atoms with Crippen molar-refractivity contribution >= 4 is 62.8 Å². The molecule has 1 atom stereocenters. The van der Waals surface area contributed by atoms with Crippen molar-refractivity contribution in [1.29, 1.82) is 0 Å². The number of thioether (sulfide) groups is 2. The summed E-state index contributed by atoms with van der Waals surface area (Å²) in [4.78, 5) is 29.2. The van der Waals surface area contributed by atoms with E-state index in [1.807, 2.05) is 12.1 Å². The van der Waals surface area contributed by atoms with Crippen molar-refractivity contribution in [3.63, 3.8) is 0 Å². The van der Waals surface area contributed by atoms with E-state index in [2.05, 4.69) is 26.9 Å². The van der Waals surface area contributed by atoms with Crippen molar-refractivity contribution in [2.24, 2.45) is 10.1 Å². The van der Waals surface area contributed by atoms with Gasteiger partial charge in [0.25, 0.3) is 0 Å². The zero-order valence-electron chi connectivity index (χ0n) is 15.2. The summed E-state index contributed by atoms with van der Waals surface area (Å²) in [6.07, 6.45) is 5.42. The van der Waals surface area contributed by atoms with Gasteiger partial charge in [-0.1, -0.05) is 47.9 Å².